The highest BCUT2D eigenvalue weighted by Gasteiger charge is 2.34. The van der Waals surface area contributed by atoms with Gasteiger partial charge in [0.2, 0.25) is 0 Å². The van der Waals surface area contributed by atoms with Gasteiger partial charge in [-0.25, -0.2) is 4.79 Å². The monoisotopic (exact) mass is 342 g/mol. The van der Waals surface area contributed by atoms with Crippen molar-refractivity contribution in [1.82, 2.24) is 10.2 Å². The second-order valence-corrected chi connectivity index (χ2v) is 8.00. The summed E-state index contributed by atoms with van der Waals surface area (Å²) < 4.78 is 10.8. The lowest BCUT2D eigenvalue weighted by Crippen LogP contribution is -2.50. The highest BCUT2D eigenvalue weighted by Crippen LogP contribution is 2.29. The van der Waals surface area contributed by atoms with E-state index in [0.29, 0.717) is 18.3 Å². The van der Waals surface area contributed by atoms with Gasteiger partial charge >= 0.3 is 6.09 Å². The van der Waals surface area contributed by atoms with Crippen molar-refractivity contribution in [3.8, 4) is 0 Å². The molecule has 1 atom stereocenters. The predicted octanol–water partition coefficient (Wildman–Crippen LogP) is 4.06. The number of rotatable bonds is 4. The van der Waals surface area contributed by atoms with Gasteiger partial charge in [0.05, 0.1) is 6.54 Å². The van der Waals surface area contributed by atoms with Crippen LogP contribution in [0.2, 0.25) is 5.22 Å². The number of ether oxygens (including phenoxy) is 1. The highest BCUT2D eigenvalue weighted by molar-refractivity contribution is 6.28. The molecule has 1 aromatic rings. The molecule has 5 nitrogen and oxygen atoms in total. The molecular weight excluding hydrogens is 316 g/mol. The van der Waals surface area contributed by atoms with Gasteiger partial charge in [-0.1, -0.05) is 6.92 Å². The maximum Gasteiger partial charge on any atom is 0.410 e. The molecule has 1 aliphatic rings. The van der Waals surface area contributed by atoms with Crippen LogP contribution in [0.1, 0.15) is 46.3 Å². The molecule has 0 aliphatic carbocycles. The number of furan rings is 1. The molecule has 6 heteroatoms. The van der Waals surface area contributed by atoms with E-state index in [0.717, 1.165) is 31.7 Å². The van der Waals surface area contributed by atoms with E-state index in [1.807, 2.05) is 31.7 Å². The van der Waals surface area contributed by atoms with Crippen LogP contribution in [-0.2, 0) is 11.3 Å². The van der Waals surface area contributed by atoms with Crippen molar-refractivity contribution in [1.29, 1.82) is 0 Å². The quantitative estimate of drug-likeness (QED) is 0.896. The standard InChI is InChI=1S/C17H27ClN2O3/c1-16(2,3)23-15(21)20-9-5-8-17(4,12-20)11-19-10-13-6-7-14(18)22-13/h6-7,19H,5,8-12H2,1-4H3. The lowest BCUT2D eigenvalue weighted by molar-refractivity contribution is 0.00670. The lowest BCUT2D eigenvalue weighted by Gasteiger charge is -2.41. The molecule has 0 aromatic carbocycles. The average molecular weight is 343 g/mol. The summed E-state index contributed by atoms with van der Waals surface area (Å²) in [7, 11) is 0. The number of amides is 1. The first-order valence-electron chi connectivity index (χ1n) is 8.10. The molecule has 1 unspecified atom stereocenters. The van der Waals surface area contributed by atoms with E-state index in [1.165, 1.54) is 0 Å². The molecule has 1 saturated heterocycles. The fraction of sp³-hybridized carbons (Fsp3) is 0.706. The lowest BCUT2D eigenvalue weighted by atomic mass is 9.82. The number of nitrogens with one attached hydrogen (secondary N) is 1. The van der Waals surface area contributed by atoms with Crippen molar-refractivity contribution in [2.24, 2.45) is 5.41 Å². The molecule has 2 heterocycles. The molecule has 1 amide bonds. The zero-order valence-corrected chi connectivity index (χ0v) is 15.2. The number of nitrogens with zero attached hydrogens (tertiary/aromatic N) is 1. The molecule has 130 valence electrons. The minimum atomic E-state index is -0.457. The van der Waals surface area contributed by atoms with Crippen LogP contribution in [0.25, 0.3) is 0 Å². The maximum atomic E-state index is 12.3. The Bertz CT molecular complexity index is 538. The first-order chi connectivity index (χ1) is 10.7. The van der Waals surface area contributed by atoms with E-state index in [9.17, 15) is 4.79 Å². The first kappa shape index (κ1) is 18.1. The van der Waals surface area contributed by atoms with Gasteiger partial charge in [-0.3, -0.25) is 0 Å². The van der Waals surface area contributed by atoms with Crippen LogP contribution in [0, 0.1) is 5.41 Å². The topological polar surface area (TPSA) is 54.7 Å². The van der Waals surface area contributed by atoms with Crippen molar-refractivity contribution >= 4 is 17.7 Å². The third kappa shape index (κ3) is 5.74. The van der Waals surface area contributed by atoms with Crippen molar-refractivity contribution in [2.45, 2.75) is 52.7 Å². The van der Waals surface area contributed by atoms with E-state index in [1.54, 1.807) is 6.07 Å². The Labute approximate surface area is 143 Å². The van der Waals surface area contributed by atoms with Crippen LogP contribution in [0.5, 0.6) is 0 Å². The molecular formula is C17H27ClN2O3. The van der Waals surface area contributed by atoms with Crippen LogP contribution < -0.4 is 5.32 Å². The minimum Gasteiger partial charge on any atom is -0.448 e. The summed E-state index contributed by atoms with van der Waals surface area (Å²) in [4.78, 5) is 14.1. The zero-order valence-electron chi connectivity index (χ0n) is 14.4. The number of carbonyl (C=O) groups is 1. The summed E-state index contributed by atoms with van der Waals surface area (Å²) in [5, 5.41) is 3.81. The smallest absolute Gasteiger partial charge is 0.410 e. The Kier molecular flexibility index (Phi) is 5.63. The molecule has 1 aromatic heterocycles. The van der Waals surface area contributed by atoms with Gasteiger partial charge < -0.3 is 19.4 Å². The van der Waals surface area contributed by atoms with Crippen LogP contribution in [0.4, 0.5) is 4.79 Å². The fourth-order valence-electron chi connectivity index (χ4n) is 2.88. The van der Waals surface area contributed by atoms with E-state index in [4.69, 9.17) is 20.8 Å². The fourth-order valence-corrected chi connectivity index (χ4v) is 3.04. The summed E-state index contributed by atoms with van der Waals surface area (Å²) in [6, 6.07) is 3.61. The number of hydrogen-bond acceptors (Lipinski definition) is 4. The van der Waals surface area contributed by atoms with E-state index >= 15 is 0 Å². The summed E-state index contributed by atoms with van der Waals surface area (Å²) in [6.07, 6.45) is 1.85. The summed E-state index contributed by atoms with van der Waals surface area (Å²) in [5.74, 6) is 0.818. The normalized spacial score (nSPS) is 22.2. The SMILES string of the molecule is CC1(CNCc2ccc(Cl)o2)CCCN(C(=O)OC(C)(C)C)C1. The van der Waals surface area contributed by atoms with Gasteiger partial charge in [-0.2, -0.15) is 0 Å². The molecule has 1 fully saturated rings. The van der Waals surface area contributed by atoms with Crippen LogP contribution in [0.15, 0.2) is 16.5 Å². The number of piperidine rings is 1. The maximum absolute atomic E-state index is 12.3. The molecule has 23 heavy (non-hydrogen) atoms. The first-order valence-corrected chi connectivity index (χ1v) is 8.48. The van der Waals surface area contributed by atoms with Gasteiger partial charge in [0.1, 0.15) is 11.4 Å². The number of hydrogen-bond donors (Lipinski definition) is 1. The number of carbonyl (C=O) groups excluding carboxylic acids is 1. The summed E-state index contributed by atoms with van der Waals surface area (Å²) in [5.41, 5.74) is -0.423. The Hall–Kier alpha value is -1.20. The van der Waals surface area contributed by atoms with Crippen LogP contribution in [-0.4, -0.2) is 36.2 Å². The molecule has 0 saturated carbocycles. The van der Waals surface area contributed by atoms with Crippen molar-refractivity contribution in [2.75, 3.05) is 19.6 Å². The van der Waals surface area contributed by atoms with Crippen molar-refractivity contribution in [3.05, 3.63) is 23.1 Å². The summed E-state index contributed by atoms with van der Waals surface area (Å²) in [6.45, 7) is 10.8. The zero-order chi connectivity index (χ0) is 17.1. The van der Waals surface area contributed by atoms with E-state index in [2.05, 4.69) is 12.2 Å². The third-order valence-electron chi connectivity index (χ3n) is 3.91. The Balaban J connectivity index is 1.84. The Morgan fingerprint density at radius 2 is 2.22 bits per heavy atom. The van der Waals surface area contributed by atoms with Gasteiger partial charge in [0.15, 0.2) is 5.22 Å². The Morgan fingerprint density at radius 1 is 1.48 bits per heavy atom. The molecule has 0 spiro atoms. The molecule has 2 rings (SSSR count). The van der Waals surface area contributed by atoms with E-state index < -0.39 is 5.60 Å². The summed E-state index contributed by atoms with van der Waals surface area (Å²) >= 11 is 5.77. The largest absolute Gasteiger partial charge is 0.448 e. The van der Waals surface area contributed by atoms with Crippen LogP contribution in [0.3, 0.4) is 0 Å². The second-order valence-electron chi connectivity index (χ2n) is 7.63. The Morgan fingerprint density at radius 3 is 2.83 bits per heavy atom. The second kappa shape index (κ2) is 7.14. The highest BCUT2D eigenvalue weighted by atomic mass is 35.5. The van der Waals surface area contributed by atoms with E-state index in [-0.39, 0.29) is 11.5 Å². The minimum absolute atomic E-state index is 0.0333. The molecule has 0 bridgehead atoms. The number of halogens is 1. The van der Waals surface area contributed by atoms with Gasteiger partial charge in [0, 0.05) is 19.6 Å². The molecule has 1 aliphatic heterocycles. The molecule has 1 N–H and O–H groups in total. The van der Waals surface area contributed by atoms with Gasteiger partial charge in [-0.05, 0) is 62.8 Å². The third-order valence-corrected chi connectivity index (χ3v) is 4.12. The predicted molar refractivity (Wildman–Crippen MR) is 90.6 cm³/mol. The number of likely N-dealkylation sites (tertiary alicyclic amines) is 1. The average Bonchev–Trinajstić information content (AvgIpc) is 2.82. The van der Waals surface area contributed by atoms with Crippen molar-refractivity contribution in [3.63, 3.8) is 0 Å². The van der Waals surface area contributed by atoms with Crippen LogP contribution >= 0.6 is 11.6 Å². The van der Waals surface area contributed by atoms with Crippen molar-refractivity contribution < 1.29 is 13.9 Å². The molecule has 0 radical (unpaired) electrons. The van der Waals surface area contributed by atoms with Gasteiger partial charge in [0.25, 0.3) is 0 Å². The van der Waals surface area contributed by atoms with Gasteiger partial charge in [-0.15, -0.1) is 0 Å².